The molecule has 0 aliphatic heterocycles. The second kappa shape index (κ2) is 7.73. The second-order valence-corrected chi connectivity index (χ2v) is 5.64. The standard InChI is InChI=1S/C19H23N3O2/c1-5-22(6-2)18-11-16(17(12-19(18)24)20-14(4)23)21-15-9-7-13(3)8-10-15/h7-12H,5-6H2,1-4H3,(H,20,23)/i24+2. The van der Waals surface area contributed by atoms with Gasteiger partial charge < -0.3 is 10.2 Å². The summed E-state index contributed by atoms with van der Waals surface area (Å²) in [5.41, 5.74) is 3.53. The SMILES string of the molecule is CCN(CC)C1=CC(=Nc2ccc(C)cc2)C(NC(C)=O)=CC1=[18O]. The minimum Gasteiger partial charge on any atom is -0.369 e. The third kappa shape index (κ3) is 4.19. The van der Waals surface area contributed by atoms with Gasteiger partial charge in [0.05, 0.1) is 22.8 Å². The fourth-order valence-electron chi connectivity index (χ4n) is 2.51. The first-order valence-electron chi connectivity index (χ1n) is 8.10. The summed E-state index contributed by atoms with van der Waals surface area (Å²) >= 11 is 0. The predicted octanol–water partition coefficient (Wildman–Crippen LogP) is 2.90. The van der Waals surface area contributed by atoms with Crippen LogP contribution in [-0.4, -0.2) is 35.4 Å². The zero-order valence-corrected chi connectivity index (χ0v) is 14.6. The highest BCUT2D eigenvalue weighted by molar-refractivity contribution is 6.22. The van der Waals surface area contributed by atoms with Crippen LogP contribution in [0.5, 0.6) is 0 Å². The van der Waals surface area contributed by atoms with E-state index in [2.05, 4.69) is 10.3 Å². The number of ketones is 1. The molecule has 126 valence electrons. The van der Waals surface area contributed by atoms with Crippen LogP contribution in [-0.2, 0) is 9.59 Å². The summed E-state index contributed by atoms with van der Waals surface area (Å²) in [7, 11) is 0. The number of hydrogen-bond donors (Lipinski definition) is 1. The van der Waals surface area contributed by atoms with Crippen LogP contribution in [0, 0.1) is 6.92 Å². The number of allylic oxidation sites excluding steroid dienone is 2. The number of nitrogens with one attached hydrogen (secondary N) is 1. The fourth-order valence-corrected chi connectivity index (χ4v) is 2.51. The minimum absolute atomic E-state index is 0.120. The number of rotatable bonds is 5. The lowest BCUT2D eigenvalue weighted by molar-refractivity contribution is -0.118. The van der Waals surface area contributed by atoms with E-state index in [0.29, 0.717) is 17.1 Å². The van der Waals surface area contributed by atoms with Gasteiger partial charge in [-0.1, -0.05) is 17.7 Å². The van der Waals surface area contributed by atoms with Gasteiger partial charge in [0.2, 0.25) is 11.7 Å². The molecule has 0 saturated carbocycles. The molecule has 1 aromatic carbocycles. The molecule has 5 nitrogen and oxygen atoms in total. The third-order valence-corrected chi connectivity index (χ3v) is 3.78. The molecule has 0 saturated heterocycles. The Bertz CT molecular complexity index is 723. The Labute approximate surface area is 142 Å². The molecule has 1 amide bonds. The Hall–Kier alpha value is -2.69. The maximum Gasteiger partial charge on any atom is 0.221 e. The molecule has 0 unspecified atom stereocenters. The summed E-state index contributed by atoms with van der Waals surface area (Å²) in [4.78, 5) is 30.4. The van der Waals surface area contributed by atoms with E-state index in [9.17, 15) is 9.59 Å². The highest BCUT2D eigenvalue weighted by Gasteiger charge is 2.22. The summed E-state index contributed by atoms with van der Waals surface area (Å²) in [6.07, 6.45) is 3.20. The molecule has 0 aromatic heterocycles. The van der Waals surface area contributed by atoms with E-state index in [1.807, 2.05) is 49.9 Å². The van der Waals surface area contributed by atoms with Gasteiger partial charge in [-0.25, -0.2) is 4.99 Å². The van der Waals surface area contributed by atoms with Crippen molar-refractivity contribution >= 4 is 23.1 Å². The van der Waals surface area contributed by atoms with Crippen LogP contribution >= 0.6 is 0 Å². The van der Waals surface area contributed by atoms with Crippen LogP contribution in [0.25, 0.3) is 0 Å². The molecule has 1 aliphatic rings. The maximum atomic E-state index is 12.4. The Morgan fingerprint density at radius 2 is 1.79 bits per heavy atom. The van der Waals surface area contributed by atoms with Gasteiger partial charge in [0.15, 0.2) is 0 Å². The molecule has 0 spiro atoms. The number of aryl methyl sites for hydroxylation is 1. The van der Waals surface area contributed by atoms with Crippen molar-refractivity contribution in [3.05, 3.63) is 53.4 Å². The average molecular weight is 327 g/mol. The van der Waals surface area contributed by atoms with Gasteiger partial charge in [0.25, 0.3) is 0 Å². The fraction of sp³-hybridized carbons (Fsp3) is 0.316. The molecule has 1 aromatic rings. The number of carbonyl (C=O) groups is 2. The topological polar surface area (TPSA) is 61.8 Å². The van der Waals surface area contributed by atoms with Gasteiger partial charge in [-0.15, -0.1) is 0 Å². The number of amides is 1. The Morgan fingerprint density at radius 3 is 2.33 bits per heavy atom. The van der Waals surface area contributed by atoms with Crippen molar-refractivity contribution < 1.29 is 9.59 Å². The van der Waals surface area contributed by atoms with Crippen LogP contribution in [0.15, 0.2) is 52.8 Å². The molecule has 5 heteroatoms. The highest BCUT2D eigenvalue weighted by atomic mass is 18.1. The Kier molecular flexibility index (Phi) is 5.68. The maximum absolute atomic E-state index is 12.4. The van der Waals surface area contributed by atoms with Gasteiger partial charge in [-0.05, 0) is 39.0 Å². The van der Waals surface area contributed by atoms with Gasteiger partial charge in [-0.3, -0.25) is 9.59 Å². The van der Waals surface area contributed by atoms with Crippen molar-refractivity contribution in [1.29, 1.82) is 0 Å². The summed E-state index contributed by atoms with van der Waals surface area (Å²) in [6.45, 7) is 8.89. The van der Waals surface area contributed by atoms with E-state index in [-0.39, 0.29) is 11.7 Å². The predicted molar refractivity (Wildman–Crippen MR) is 96.2 cm³/mol. The zero-order chi connectivity index (χ0) is 17.7. The van der Waals surface area contributed by atoms with Gasteiger partial charge in [0, 0.05) is 26.1 Å². The molecular formula is C19H23N3O2. The summed E-state index contributed by atoms with van der Waals surface area (Å²) < 4.78 is 0. The quantitative estimate of drug-likeness (QED) is 0.668. The molecule has 1 aliphatic carbocycles. The first-order chi connectivity index (χ1) is 11.4. The van der Waals surface area contributed by atoms with E-state index in [0.717, 1.165) is 24.3 Å². The molecule has 0 bridgehead atoms. The van der Waals surface area contributed by atoms with Crippen molar-refractivity contribution in [2.75, 3.05) is 13.1 Å². The van der Waals surface area contributed by atoms with Crippen LogP contribution in [0.4, 0.5) is 5.69 Å². The van der Waals surface area contributed by atoms with Crippen molar-refractivity contribution in [2.45, 2.75) is 27.7 Å². The minimum atomic E-state index is -0.231. The molecule has 24 heavy (non-hydrogen) atoms. The lowest BCUT2D eigenvalue weighted by atomic mass is 10.0. The molecule has 0 heterocycles. The first kappa shape index (κ1) is 17.7. The van der Waals surface area contributed by atoms with Crippen molar-refractivity contribution in [3.8, 4) is 0 Å². The van der Waals surface area contributed by atoms with E-state index in [1.54, 1.807) is 6.08 Å². The van der Waals surface area contributed by atoms with Gasteiger partial charge in [-0.2, -0.15) is 0 Å². The molecular weight excluding hydrogens is 304 g/mol. The Morgan fingerprint density at radius 1 is 1.17 bits per heavy atom. The van der Waals surface area contributed by atoms with Gasteiger partial charge >= 0.3 is 0 Å². The van der Waals surface area contributed by atoms with Crippen molar-refractivity contribution in [3.63, 3.8) is 0 Å². The molecule has 0 radical (unpaired) electrons. The second-order valence-electron chi connectivity index (χ2n) is 5.64. The number of aliphatic imine (C=N–C) groups is 1. The van der Waals surface area contributed by atoms with E-state index in [4.69, 9.17) is 0 Å². The number of hydrogen-bond acceptors (Lipinski definition) is 4. The number of carbonyl (C=O) groups excluding carboxylic acids is 2. The summed E-state index contributed by atoms with van der Waals surface area (Å²) in [6, 6.07) is 7.78. The lowest BCUT2D eigenvalue weighted by Gasteiger charge is -2.25. The van der Waals surface area contributed by atoms with Crippen molar-refractivity contribution in [2.24, 2.45) is 4.99 Å². The Balaban J connectivity index is 2.47. The van der Waals surface area contributed by atoms with Crippen LogP contribution < -0.4 is 5.32 Å². The first-order valence-corrected chi connectivity index (χ1v) is 8.10. The monoisotopic (exact) mass is 327 g/mol. The van der Waals surface area contributed by atoms with Gasteiger partial charge in [0.1, 0.15) is 0 Å². The smallest absolute Gasteiger partial charge is 0.221 e. The van der Waals surface area contributed by atoms with E-state index < -0.39 is 0 Å². The highest BCUT2D eigenvalue weighted by Crippen LogP contribution is 2.20. The average Bonchev–Trinajstić information content (AvgIpc) is 2.54. The largest absolute Gasteiger partial charge is 0.369 e. The van der Waals surface area contributed by atoms with Crippen LogP contribution in [0.3, 0.4) is 0 Å². The zero-order valence-electron chi connectivity index (χ0n) is 14.6. The molecule has 0 atom stereocenters. The number of benzene rings is 1. The van der Waals surface area contributed by atoms with Crippen molar-refractivity contribution in [1.82, 2.24) is 10.2 Å². The van der Waals surface area contributed by atoms with Crippen LogP contribution in [0.1, 0.15) is 26.3 Å². The molecule has 0 fully saturated rings. The molecule has 1 N–H and O–H groups in total. The summed E-state index contributed by atoms with van der Waals surface area (Å²) in [5.74, 6) is -0.351. The number of nitrogens with zero attached hydrogens (tertiary/aromatic N) is 2. The van der Waals surface area contributed by atoms with E-state index in [1.165, 1.54) is 13.0 Å². The summed E-state index contributed by atoms with van der Waals surface area (Å²) in [5, 5.41) is 2.70. The normalized spacial score (nSPS) is 15.8. The third-order valence-electron chi connectivity index (χ3n) is 3.78. The van der Waals surface area contributed by atoms with E-state index >= 15 is 0 Å². The van der Waals surface area contributed by atoms with Crippen LogP contribution in [0.2, 0.25) is 0 Å². The number of likely N-dealkylation sites (N-methyl/N-ethyl adjacent to an activating group) is 1. The lowest BCUT2D eigenvalue weighted by Crippen LogP contribution is -2.33. The molecule has 2 rings (SSSR count).